The third-order valence-corrected chi connectivity index (χ3v) is 1.81. The standard InChI is InChI=1S/C8H8F3NO/c1-4-5(3-13)6(9)2-12-7(4)8(10)11/h2,8,13H,3H2,1H3. The van der Waals surface area contributed by atoms with Crippen molar-refractivity contribution in [2.75, 3.05) is 0 Å². The van der Waals surface area contributed by atoms with Crippen LogP contribution in [-0.2, 0) is 6.61 Å². The van der Waals surface area contributed by atoms with E-state index < -0.39 is 24.5 Å². The van der Waals surface area contributed by atoms with Crippen LogP contribution in [0.15, 0.2) is 6.20 Å². The fraction of sp³-hybridized carbons (Fsp3) is 0.375. The summed E-state index contributed by atoms with van der Waals surface area (Å²) in [6.07, 6.45) is -2.05. The van der Waals surface area contributed by atoms with E-state index in [0.717, 1.165) is 0 Å². The first-order chi connectivity index (χ1) is 6.07. The average Bonchev–Trinajstić information content (AvgIpc) is 2.04. The molecule has 0 amide bonds. The maximum atomic E-state index is 12.8. The lowest BCUT2D eigenvalue weighted by molar-refractivity contribution is 0.144. The maximum absolute atomic E-state index is 12.8. The molecular formula is C8H8F3NO. The van der Waals surface area contributed by atoms with Crippen molar-refractivity contribution in [1.29, 1.82) is 0 Å². The lowest BCUT2D eigenvalue weighted by Crippen LogP contribution is -2.02. The number of hydrogen-bond acceptors (Lipinski definition) is 2. The van der Waals surface area contributed by atoms with Crippen molar-refractivity contribution in [2.24, 2.45) is 0 Å². The van der Waals surface area contributed by atoms with Gasteiger partial charge in [0, 0.05) is 5.56 Å². The highest BCUT2D eigenvalue weighted by Gasteiger charge is 2.17. The van der Waals surface area contributed by atoms with Gasteiger partial charge in [0.2, 0.25) is 0 Å². The Labute approximate surface area is 73.0 Å². The van der Waals surface area contributed by atoms with Crippen LogP contribution in [0.1, 0.15) is 23.2 Å². The van der Waals surface area contributed by atoms with Crippen molar-refractivity contribution in [3.05, 3.63) is 28.8 Å². The summed E-state index contributed by atoms with van der Waals surface area (Å²) in [5.74, 6) is -0.760. The molecule has 1 aromatic rings. The SMILES string of the molecule is Cc1c(C(F)F)ncc(F)c1CO. The molecule has 5 heteroatoms. The van der Waals surface area contributed by atoms with Gasteiger partial charge in [-0.25, -0.2) is 13.2 Å². The summed E-state index contributed by atoms with van der Waals surface area (Å²) in [6, 6.07) is 0. The van der Waals surface area contributed by atoms with Gasteiger partial charge in [0.25, 0.3) is 6.43 Å². The molecule has 0 spiro atoms. The Hall–Kier alpha value is -1.10. The summed E-state index contributed by atoms with van der Waals surface area (Å²) in [4.78, 5) is 3.25. The van der Waals surface area contributed by atoms with Gasteiger partial charge in [0.05, 0.1) is 12.8 Å². The minimum atomic E-state index is -2.74. The molecule has 0 radical (unpaired) electrons. The van der Waals surface area contributed by atoms with E-state index in [1.54, 1.807) is 0 Å². The number of halogens is 3. The molecule has 1 rings (SSSR count). The fourth-order valence-corrected chi connectivity index (χ4v) is 1.05. The zero-order chi connectivity index (χ0) is 10.0. The summed E-state index contributed by atoms with van der Waals surface area (Å²) >= 11 is 0. The molecule has 1 aromatic heterocycles. The van der Waals surface area contributed by atoms with E-state index in [4.69, 9.17) is 5.11 Å². The molecule has 0 fully saturated rings. The molecule has 1 N–H and O–H groups in total. The number of aliphatic hydroxyl groups excluding tert-OH is 1. The summed E-state index contributed by atoms with van der Waals surface area (Å²) in [5.41, 5.74) is -0.590. The van der Waals surface area contributed by atoms with E-state index in [9.17, 15) is 13.2 Å². The first-order valence-corrected chi connectivity index (χ1v) is 3.60. The van der Waals surface area contributed by atoms with Crippen LogP contribution in [0.25, 0.3) is 0 Å². The highest BCUT2D eigenvalue weighted by atomic mass is 19.3. The number of pyridine rings is 1. The zero-order valence-electron chi connectivity index (χ0n) is 6.89. The van der Waals surface area contributed by atoms with Gasteiger partial charge in [-0.1, -0.05) is 0 Å². The van der Waals surface area contributed by atoms with Crippen molar-refractivity contribution in [2.45, 2.75) is 20.0 Å². The number of rotatable bonds is 2. The van der Waals surface area contributed by atoms with Crippen LogP contribution in [0.3, 0.4) is 0 Å². The van der Waals surface area contributed by atoms with Gasteiger partial charge in [-0.2, -0.15) is 0 Å². The van der Waals surface area contributed by atoms with Crippen molar-refractivity contribution in [1.82, 2.24) is 4.98 Å². The first kappa shape index (κ1) is 9.98. The van der Waals surface area contributed by atoms with E-state index in [0.29, 0.717) is 6.20 Å². The van der Waals surface area contributed by atoms with Gasteiger partial charge in [0.1, 0.15) is 11.5 Å². The molecule has 0 aromatic carbocycles. The zero-order valence-corrected chi connectivity index (χ0v) is 6.89. The average molecular weight is 191 g/mol. The third-order valence-electron chi connectivity index (χ3n) is 1.81. The molecule has 0 aliphatic carbocycles. The van der Waals surface area contributed by atoms with E-state index in [2.05, 4.69) is 4.98 Å². The normalized spacial score (nSPS) is 10.9. The number of hydrogen-bond donors (Lipinski definition) is 1. The minimum Gasteiger partial charge on any atom is -0.392 e. The predicted molar refractivity (Wildman–Crippen MR) is 39.8 cm³/mol. The quantitative estimate of drug-likeness (QED) is 0.775. The molecule has 0 atom stereocenters. The fourth-order valence-electron chi connectivity index (χ4n) is 1.05. The monoisotopic (exact) mass is 191 g/mol. The van der Waals surface area contributed by atoms with E-state index in [1.165, 1.54) is 6.92 Å². The van der Waals surface area contributed by atoms with Gasteiger partial charge in [-0.05, 0) is 12.5 Å². The van der Waals surface area contributed by atoms with Crippen molar-refractivity contribution in [3.8, 4) is 0 Å². The lowest BCUT2D eigenvalue weighted by atomic mass is 10.1. The van der Waals surface area contributed by atoms with Gasteiger partial charge < -0.3 is 5.11 Å². The molecule has 0 aliphatic rings. The molecule has 0 unspecified atom stereocenters. The van der Waals surface area contributed by atoms with Crippen LogP contribution in [0, 0.1) is 12.7 Å². The van der Waals surface area contributed by atoms with Crippen LogP contribution in [0.4, 0.5) is 13.2 Å². The summed E-state index contributed by atoms with van der Waals surface area (Å²) in [7, 11) is 0. The molecule has 1 heterocycles. The lowest BCUT2D eigenvalue weighted by Gasteiger charge is -2.08. The highest BCUT2D eigenvalue weighted by molar-refractivity contribution is 5.29. The topological polar surface area (TPSA) is 33.1 Å². The second-order valence-corrected chi connectivity index (χ2v) is 2.55. The summed E-state index contributed by atoms with van der Waals surface area (Å²) in [6.45, 7) is 0.711. The minimum absolute atomic E-state index is 0.0116. The Morgan fingerprint density at radius 2 is 2.15 bits per heavy atom. The largest absolute Gasteiger partial charge is 0.392 e. The van der Waals surface area contributed by atoms with Crippen molar-refractivity contribution < 1.29 is 18.3 Å². The molecule has 0 saturated carbocycles. The Bertz CT molecular complexity index is 315. The van der Waals surface area contributed by atoms with Crippen LogP contribution in [0.2, 0.25) is 0 Å². The molecular weight excluding hydrogens is 183 g/mol. The second kappa shape index (κ2) is 3.74. The number of nitrogens with zero attached hydrogens (tertiary/aromatic N) is 1. The highest BCUT2D eigenvalue weighted by Crippen LogP contribution is 2.23. The van der Waals surface area contributed by atoms with Gasteiger partial charge in [-0.15, -0.1) is 0 Å². The van der Waals surface area contributed by atoms with Gasteiger partial charge in [-0.3, -0.25) is 4.98 Å². The Morgan fingerprint density at radius 1 is 1.54 bits per heavy atom. The van der Waals surface area contributed by atoms with Crippen LogP contribution < -0.4 is 0 Å². The molecule has 72 valence electrons. The van der Waals surface area contributed by atoms with Gasteiger partial charge >= 0.3 is 0 Å². The first-order valence-electron chi connectivity index (χ1n) is 3.60. The maximum Gasteiger partial charge on any atom is 0.280 e. The van der Waals surface area contributed by atoms with Crippen molar-refractivity contribution in [3.63, 3.8) is 0 Å². The molecule has 13 heavy (non-hydrogen) atoms. The van der Waals surface area contributed by atoms with Crippen LogP contribution >= 0.6 is 0 Å². The second-order valence-electron chi connectivity index (χ2n) is 2.55. The number of aliphatic hydroxyl groups is 1. The Kier molecular flexibility index (Phi) is 2.87. The van der Waals surface area contributed by atoms with Gasteiger partial charge in [0.15, 0.2) is 0 Å². The summed E-state index contributed by atoms with van der Waals surface area (Å²) in [5, 5.41) is 8.69. The smallest absolute Gasteiger partial charge is 0.280 e. The summed E-state index contributed by atoms with van der Waals surface area (Å²) < 4.78 is 37.2. The molecule has 0 saturated heterocycles. The van der Waals surface area contributed by atoms with Crippen molar-refractivity contribution >= 4 is 0 Å². The van der Waals surface area contributed by atoms with E-state index in [-0.39, 0.29) is 11.1 Å². The molecule has 0 aliphatic heterocycles. The number of aromatic nitrogens is 1. The predicted octanol–water partition coefficient (Wildman–Crippen LogP) is 1.96. The number of alkyl halides is 2. The Morgan fingerprint density at radius 3 is 2.62 bits per heavy atom. The third kappa shape index (κ3) is 1.80. The Balaban J connectivity index is 3.27. The molecule has 0 bridgehead atoms. The van der Waals surface area contributed by atoms with E-state index >= 15 is 0 Å². The van der Waals surface area contributed by atoms with Crippen LogP contribution in [0.5, 0.6) is 0 Å². The molecule has 2 nitrogen and oxygen atoms in total. The van der Waals surface area contributed by atoms with E-state index in [1.807, 2.05) is 0 Å². The van der Waals surface area contributed by atoms with Crippen LogP contribution in [-0.4, -0.2) is 10.1 Å².